The first-order valence-corrected chi connectivity index (χ1v) is 8.13. The Morgan fingerprint density at radius 1 is 1.13 bits per heavy atom. The Balaban J connectivity index is 2.30. The monoisotopic (exact) mass is 320 g/mol. The molecule has 23 heavy (non-hydrogen) atoms. The molecule has 3 unspecified atom stereocenters. The van der Waals surface area contributed by atoms with Crippen LogP contribution < -0.4 is 4.90 Å². The summed E-state index contributed by atoms with van der Waals surface area (Å²) in [7, 11) is 7.51. The molecule has 0 saturated heterocycles. The number of hydrogen-bond acceptors (Lipinski definition) is 4. The lowest BCUT2D eigenvalue weighted by Crippen LogP contribution is -2.49. The summed E-state index contributed by atoms with van der Waals surface area (Å²) in [6.07, 6.45) is 2.37. The van der Waals surface area contributed by atoms with Gasteiger partial charge in [0.25, 0.3) is 0 Å². The third-order valence-corrected chi connectivity index (χ3v) is 4.60. The van der Waals surface area contributed by atoms with Gasteiger partial charge in [0.1, 0.15) is 0 Å². The second kappa shape index (κ2) is 8.43. The van der Waals surface area contributed by atoms with Crippen LogP contribution in [0.25, 0.3) is 0 Å². The lowest BCUT2D eigenvalue weighted by Gasteiger charge is -2.36. The van der Waals surface area contributed by atoms with Gasteiger partial charge in [0.05, 0.1) is 25.2 Å². The molecule has 1 aliphatic carbocycles. The van der Waals surface area contributed by atoms with E-state index in [-0.39, 0.29) is 24.1 Å². The third-order valence-electron chi connectivity index (χ3n) is 4.60. The topological polar surface area (TPSA) is 42.0 Å². The van der Waals surface area contributed by atoms with Crippen LogP contribution in [-0.4, -0.2) is 63.9 Å². The summed E-state index contributed by atoms with van der Waals surface area (Å²) in [4.78, 5) is 17.0. The average Bonchev–Trinajstić information content (AvgIpc) is 2.98. The minimum atomic E-state index is 0.103. The second-order valence-electron chi connectivity index (χ2n) is 6.27. The molecule has 3 atom stereocenters. The highest BCUT2D eigenvalue weighted by molar-refractivity contribution is 5.94. The number of carbonyl (C=O) groups excluding carboxylic acids is 1. The van der Waals surface area contributed by atoms with Gasteiger partial charge < -0.3 is 19.3 Å². The molecule has 0 aromatic heterocycles. The van der Waals surface area contributed by atoms with Crippen molar-refractivity contribution in [3.63, 3.8) is 0 Å². The lowest BCUT2D eigenvalue weighted by atomic mass is 10.1. The van der Waals surface area contributed by atoms with Gasteiger partial charge in [-0.25, -0.2) is 0 Å². The van der Waals surface area contributed by atoms with Gasteiger partial charge in [-0.1, -0.05) is 18.2 Å². The van der Waals surface area contributed by atoms with Gasteiger partial charge in [-0.2, -0.15) is 0 Å². The van der Waals surface area contributed by atoms with Crippen LogP contribution in [0.1, 0.15) is 19.3 Å². The van der Waals surface area contributed by atoms with Crippen LogP contribution in [0.4, 0.5) is 5.69 Å². The summed E-state index contributed by atoms with van der Waals surface area (Å²) in [5, 5.41) is 0. The number of rotatable bonds is 7. The fraction of sp³-hybridized carbons (Fsp3) is 0.611. The molecule has 128 valence electrons. The molecule has 1 amide bonds. The van der Waals surface area contributed by atoms with Crippen LogP contribution in [0, 0.1) is 0 Å². The Morgan fingerprint density at radius 3 is 2.35 bits per heavy atom. The summed E-state index contributed by atoms with van der Waals surface area (Å²) < 4.78 is 10.7. The largest absolute Gasteiger partial charge is 0.384 e. The standard InChI is InChI=1S/C18H28N2O3/c1-19(2)16-12-15(23-4)13-17(16)20(18(21)10-11-22-3)14-8-6-5-7-9-14/h5-9,15-17H,10-13H2,1-4H3. The molecule has 0 radical (unpaired) electrons. The predicted octanol–water partition coefficient (Wildman–Crippen LogP) is 2.16. The molecular formula is C18H28N2O3. The molecule has 1 aliphatic rings. The van der Waals surface area contributed by atoms with Crippen molar-refractivity contribution in [2.75, 3.05) is 39.8 Å². The molecule has 0 bridgehead atoms. The first kappa shape index (κ1) is 17.9. The Bertz CT molecular complexity index is 492. The summed E-state index contributed by atoms with van der Waals surface area (Å²) in [5.41, 5.74) is 0.946. The van der Waals surface area contributed by atoms with E-state index in [9.17, 15) is 4.79 Å². The van der Waals surface area contributed by atoms with E-state index in [4.69, 9.17) is 9.47 Å². The van der Waals surface area contributed by atoms with Crippen molar-refractivity contribution in [2.45, 2.75) is 37.5 Å². The molecule has 0 spiro atoms. The number of ether oxygens (including phenoxy) is 2. The van der Waals surface area contributed by atoms with Crippen molar-refractivity contribution in [2.24, 2.45) is 0 Å². The maximum absolute atomic E-state index is 12.8. The SMILES string of the molecule is COCCC(=O)N(c1ccccc1)C1CC(OC)CC1N(C)C. The highest BCUT2D eigenvalue weighted by Crippen LogP contribution is 2.33. The van der Waals surface area contributed by atoms with Crippen LogP contribution in [-0.2, 0) is 14.3 Å². The number of carbonyl (C=O) groups is 1. The first-order chi connectivity index (χ1) is 11.1. The van der Waals surface area contributed by atoms with Crippen molar-refractivity contribution in [3.05, 3.63) is 30.3 Å². The summed E-state index contributed by atoms with van der Waals surface area (Å²) >= 11 is 0. The molecule has 0 heterocycles. The van der Waals surface area contributed by atoms with Gasteiger partial charge >= 0.3 is 0 Å². The molecular weight excluding hydrogens is 292 g/mol. The minimum absolute atomic E-state index is 0.103. The van der Waals surface area contributed by atoms with Crippen molar-refractivity contribution in [1.29, 1.82) is 0 Å². The van der Waals surface area contributed by atoms with Gasteiger partial charge in [-0.3, -0.25) is 4.79 Å². The molecule has 2 rings (SSSR count). The normalized spacial score (nSPS) is 24.1. The van der Waals surface area contributed by atoms with Crippen molar-refractivity contribution in [1.82, 2.24) is 4.90 Å². The zero-order chi connectivity index (χ0) is 16.8. The number of anilines is 1. The summed E-state index contributed by atoms with van der Waals surface area (Å²) in [6.45, 7) is 0.440. The van der Waals surface area contributed by atoms with Gasteiger partial charge in [-0.15, -0.1) is 0 Å². The number of hydrogen-bond donors (Lipinski definition) is 0. The van der Waals surface area contributed by atoms with Gasteiger partial charge in [0.2, 0.25) is 5.91 Å². The zero-order valence-electron chi connectivity index (χ0n) is 14.6. The lowest BCUT2D eigenvalue weighted by molar-refractivity contribution is -0.120. The van der Waals surface area contributed by atoms with Gasteiger partial charge in [-0.05, 0) is 39.1 Å². The molecule has 5 nitrogen and oxygen atoms in total. The van der Waals surface area contributed by atoms with Crippen LogP contribution in [0.15, 0.2) is 30.3 Å². The zero-order valence-corrected chi connectivity index (χ0v) is 14.6. The predicted molar refractivity (Wildman–Crippen MR) is 91.7 cm³/mol. The highest BCUT2D eigenvalue weighted by Gasteiger charge is 2.41. The van der Waals surface area contributed by atoms with E-state index in [1.165, 1.54) is 0 Å². The minimum Gasteiger partial charge on any atom is -0.384 e. The quantitative estimate of drug-likeness (QED) is 0.772. The molecule has 0 N–H and O–H groups in total. The number of methoxy groups -OCH3 is 2. The van der Waals surface area contributed by atoms with E-state index in [0.29, 0.717) is 13.0 Å². The maximum atomic E-state index is 12.8. The Morgan fingerprint density at radius 2 is 1.78 bits per heavy atom. The van der Waals surface area contributed by atoms with Crippen molar-refractivity contribution < 1.29 is 14.3 Å². The molecule has 1 saturated carbocycles. The Labute approximate surface area is 139 Å². The molecule has 5 heteroatoms. The average molecular weight is 320 g/mol. The second-order valence-corrected chi connectivity index (χ2v) is 6.27. The molecule has 1 aromatic carbocycles. The smallest absolute Gasteiger partial charge is 0.229 e. The fourth-order valence-electron chi connectivity index (χ4n) is 3.39. The Kier molecular flexibility index (Phi) is 6.57. The first-order valence-electron chi connectivity index (χ1n) is 8.13. The molecule has 1 fully saturated rings. The van der Waals surface area contributed by atoms with Gasteiger partial charge in [0, 0.05) is 25.9 Å². The van der Waals surface area contributed by atoms with E-state index >= 15 is 0 Å². The maximum Gasteiger partial charge on any atom is 0.229 e. The Hall–Kier alpha value is -1.43. The number of amides is 1. The van der Waals surface area contributed by atoms with Crippen LogP contribution >= 0.6 is 0 Å². The van der Waals surface area contributed by atoms with E-state index in [0.717, 1.165) is 18.5 Å². The third kappa shape index (κ3) is 4.31. The van der Waals surface area contributed by atoms with Crippen molar-refractivity contribution >= 4 is 11.6 Å². The highest BCUT2D eigenvalue weighted by atomic mass is 16.5. The fourth-order valence-corrected chi connectivity index (χ4v) is 3.39. The van der Waals surface area contributed by atoms with Crippen molar-refractivity contribution in [3.8, 4) is 0 Å². The number of likely N-dealkylation sites (N-methyl/N-ethyl adjacent to an activating group) is 1. The molecule has 1 aromatic rings. The van der Waals surface area contributed by atoms with E-state index in [1.54, 1.807) is 14.2 Å². The number of para-hydroxylation sites is 1. The number of nitrogens with zero attached hydrogens (tertiary/aromatic N) is 2. The van der Waals surface area contributed by atoms with E-state index in [2.05, 4.69) is 19.0 Å². The van der Waals surface area contributed by atoms with Crippen LogP contribution in [0.3, 0.4) is 0 Å². The summed E-state index contributed by atoms with van der Waals surface area (Å²) in [5.74, 6) is 0.103. The summed E-state index contributed by atoms with van der Waals surface area (Å²) in [6, 6.07) is 10.3. The van der Waals surface area contributed by atoms with E-state index < -0.39 is 0 Å². The van der Waals surface area contributed by atoms with Crippen LogP contribution in [0.5, 0.6) is 0 Å². The van der Waals surface area contributed by atoms with Crippen LogP contribution in [0.2, 0.25) is 0 Å². The van der Waals surface area contributed by atoms with Gasteiger partial charge in [0.15, 0.2) is 0 Å². The van der Waals surface area contributed by atoms with E-state index in [1.807, 2.05) is 35.2 Å². The number of benzene rings is 1. The molecule has 0 aliphatic heterocycles.